The van der Waals surface area contributed by atoms with Crippen LogP contribution in [-0.2, 0) is 12.2 Å². The van der Waals surface area contributed by atoms with Crippen molar-refractivity contribution in [2.45, 2.75) is 25.5 Å². The highest BCUT2D eigenvalue weighted by molar-refractivity contribution is 7.98. The number of hydrogen-bond donors (Lipinski definition) is 1. The van der Waals surface area contributed by atoms with Gasteiger partial charge in [0.05, 0.1) is 17.3 Å². The van der Waals surface area contributed by atoms with Crippen molar-refractivity contribution in [2.75, 3.05) is 12.4 Å². The van der Waals surface area contributed by atoms with Gasteiger partial charge in [0, 0.05) is 16.9 Å². The van der Waals surface area contributed by atoms with Crippen molar-refractivity contribution in [1.82, 2.24) is 4.98 Å². The second-order valence-corrected chi connectivity index (χ2v) is 4.81. The highest BCUT2D eigenvalue weighted by atomic mass is 32.2. The monoisotopic (exact) mass is 217 g/mol. The number of thiazole rings is 1. The van der Waals surface area contributed by atoms with Crippen LogP contribution in [0, 0.1) is 0 Å². The lowest BCUT2D eigenvalue weighted by Crippen LogP contribution is -1.89. The molecule has 0 amide bonds. The zero-order valence-corrected chi connectivity index (χ0v) is 9.46. The maximum Gasteiger partial charge on any atom is 0.0928 e. The molecule has 1 aromatic heterocycles. The van der Waals surface area contributed by atoms with Crippen molar-refractivity contribution < 1.29 is 5.11 Å². The third kappa shape index (κ3) is 4.11. The van der Waals surface area contributed by atoms with Crippen LogP contribution in [0.2, 0.25) is 0 Å². The quantitative estimate of drug-likeness (QED) is 0.742. The van der Waals surface area contributed by atoms with Crippen molar-refractivity contribution in [3.05, 3.63) is 16.1 Å². The largest absolute Gasteiger partial charge is 0.396 e. The maximum absolute atomic E-state index is 8.60. The van der Waals surface area contributed by atoms with E-state index >= 15 is 0 Å². The van der Waals surface area contributed by atoms with Gasteiger partial charge in [-0.3, -0.25) is 0 Å². The number of aromatic nitrogens is 1. The minimum Gasteiger partial charge on any atom is -0.396 e. The van der Waals surface area contributed by atoms with Crippen molar-refractivity contribution in [3.63, 3.8) is 0 Å². The summed E-state index contributed by atoms with van der Waals surface area (Å²) in [6.45, 7) is 2.43. The number of rotatable bonds is 6. The zero-order valence-electron chi connectivity index (χ0n) is 7.82. The van der Waals surface area contributed by atoms with Crippen LogP contribution in [0.25, 0.3) is 0 Å². The molecule has 0 unspecified atom stereocenters. The molecule has 0 aliphatic rings. The molecule has 0 spiro atoms. The summed E-state index contributed by atoms with van der Waals surface area (Å²) in [4.78, 5) is 4.49. The molecule has 1 heterocycles. The van der Waals surface area contributed by atoms with Gasteiger partial charge in [-0.25, -0.2) is 4.98 Å². The van der Waals surface area contributed by atoms with E-state index in [-0.39, 0.29) is 6.61 Å². The lowest BCUT2D eigenvalue weighted by atomic mass is 10.3. The van der Waals surface area contributed by atoms with Crippen molar-refractivity contribution in [3.8, 4) is 0 Å². The second-order valence-electron chi connectivity index (χ2n) is 2.76. The number of thioether (sulfide) groups is 1. The zero-order chi connectivity index (χ0) is 9.52. The molecule has 0 aliphatic carbocycles. The van der Waals surface area contributed by atoms with Crippen molar-refractivity contribution in [1.29, 1.82) is 0 Å². The molecule has 1 N–H and O–H groups in total. The summed E-state index contributed by atoms with van der Waals surface area (Å²) in [5.41, 5.74) is 1.16. The number of aryl methyl sites for hydroxylation is 1. The van der Waals surface area contributed by atoms with Crippen LogP contribution in [0.1, 0.15) is 24.0 Å². The molecule has 0 aliphatic heterocycles. The van der Waals surface area contributed by atoms with E-state index in [1.807, 2.05) is 0 Å². The topological polar surface area (TPSA) is 33.1 Å². The molecule has 13 heavy (non-hydrogen) atoms. The molecule has 0 saturated heterocycles. The predicted octanol–water partition coefficient (Wildman–Crippen LogP) is 2.32. The lowest BCUT2D eigenvalue weighted by Gasteiger charge is -1.94. The third-order valence-electron chi connectivity index (χ3n) is 1.55. The van der Waals surface area contributed by atoms with E-state index in [2.05, 4.69) is 17.3 Å². The van der Waals surface area contributed by atoms with Gasteiger partial charge in [0.2, 0.25) is 0 Å². The van der Waals surface area contributed by atoms with E-state index in [1.165, 1.54) is 5.01 Å². The van der Waals surface area contributed by atoms with Crippen molar-refractivity contribution >= 4 is 23.1 Å². The molecule has 0 fully saturated rings. The van der Waals surface area contributed by atoms with E-state index in [0.717, 1.165) is 30.0 Å². The highest BCUT2D eigenvalue weighted by Gasteiger charge is 2.00. The fourth-order valence-corrected chi connectivity index (χ4v) is 2.62. The van der Waals surface area contributed by atoms with E-state index in [1.54, 1.807) is 23.1 Å². The Balaban J connectivity index is 2.31. The average Bonchev–Trinajstić information content (AvgIpc) is 2.54. The first-order chi connectivity index (χ1) is 6.36. The molecule has 1 aromatic rings. The minimum absolute atomic E-state index is 0.261. The van der Waals surface area contributed by atoms with Crippen molar-refractivity contribution in [2.24, 2.45) is 0 Å². The van der Waals surface area contributed by atoms with Crippen LogP contribution in [0.4, 0.5) is 0 Å². The Morgan fingerprint density at radius 1 is 1.62 bits per heavy atom. The normalized spacial score (nSPS) is 10.6. The standard InChI is InChI=1S/C9H15NOS2/c1-2-3-9-10-8(7-13-9)6-12-5-4-11/h7,11H,2-6H2,1H3. The molecule has 0 atom stereocenters. The van der Waals surface area contributed by atoms with Crippen LogP contribution in [0.5, 0.6) is 0 Å². The van der Waals surface area contributed by atoms with Gasteiger partial charge in [0.25, 0.3) is 0 Å². The van der Waals surface area contributed by atoms with Gasteiger partial charge in [0.1, 0.15) is 0 Å². The molecule has 1 rings (SSSR count). The summed E-state index contributed by atoms with van der Waals surface area (Å²) in [6, 6.07) is 0. The fourth-order valence-electron chi connectivity index (χ4n) is 0.985. The van der Waals surface area contributed by atoms with E-state index < -0.39 is 0 Å². The average molecular weight is 217 g/mol. The Labute approximate surface area is 87.4 Å². The first-order valence-electron chi connectivity index (χ1n) is 4.48. The van der Waals surface area contributed by atoms with Gasteiger partial charge in [-0.2, -0.15) is 11.8 Å². The number of aliphatic hydroxyl groups excluding tert-OH is 1. The lowest BCUT2D eigenvalue weighted by molar-refractivity contribution is 0.322. The first-order valence-corrected chi connectivity index (χ1v) is 6.52. The fraction of sp³-hybridized carbons (Fsp3) is 0.667. The molecule has 0 bridgehead atoms. The molecule has 0 aromatic carbocycles. The molecule has 0 saturated carbocycles. The summed E-state index contributed by atoms with van der Waals surface area (Å²) in [6.07, 6.45) is 2.26. The van der Waals surface area contributed by atoms with Gasteiger partial charge in [-0.1, -0.05) is 6.92 Å². The number of aliphatic hydroxyl groups is 1. The highest BCUT2D eigenvalue weighted by Crippen LogP contribution is 2.16. The smallest absolute Gasteiger partial charge is 0.0928 e. The summed E-state index contributed by atoms with van der Waals surface area (Å²) < 4.78 is 0. The van der Waals surface area contributed by atoms with E-state index in [4.69, 9.17) is 5.11 Å². The number of nitrogens with zero attached hydrogens (tertiary/aromatic N) is 1. The van der Waals surface area contributed by atoms with Gasteiger partial charge in [-0.05, 0) is 12.8 Å². The van der Waals surface area contributed by atoms with E-state index in [0.29, 0.717) is 0 Å². The second kappa shape index (κ2) is 6.40. The Kier molecular flexibility index (Phi) is 5.43. The van der Waals surface area contributed by atoms with Crippen LogP contribution in [-0.4, -0.2) is 22.5 Å². The molecular weight excluding hydrogens is 202 g/mol. The van der Waals surface area contributed by atoms with Crippen LogP contribution < -0.4 is 0 Å². The van der Waals surface area contributed by atoms with Gasteiger partial charge >= 0.3 is 0 Å². The van der Waals surface area contributed by atoms with Gasteiger partial charge < -0.3 is 5.11 Å². The Bertz CT molecular complexity index is 237. The number of hydrogen-bond acceptors (Lipinski definition) is 4. The molecule has 2 nitrogen and oxygen atoms in total. The maximum atomic E-state index is 8.60. The summed E-state index contributed by atoms with van der Waals surface area (Å²) in [5, 5.41) is 12.0. The predicted molar refractivity (Wildman–Crippen MR) is 59.4 cm³/mol. The summed E-state index contributed by atoms with van der Waals surface area (Å²) >= 11 is 3.48. The molecule has 74 valence electrons. The van der Waals surface area contributed by atoms with Gasteiger partial charge in [-0.15, -0.1) is 11.3 Å². The molecule has 4 heteroatoms. The van der Waals surface area contributed by atoms with Crippen LogP contribution in [0.3, 0.4) is 0 Å². The Hall–Kier alpha value is -0.0600. The molecule has 0 radical (unpaired) electrons. The Morgan fingerprint density at radius 3 is 3.15 bits per heavy atom. The molecular formula is C9H15NOS2. The van der Waals surface area contributed by atoms with Crippen LogP contribution >= 0.6 is 23.1 Å². The van der Waals surface area contributed by atoms with Crippen LogP contribution in [0.15, 0.2) is 5.38 Å². The summed E-state index contributed by atoms with van der Waals surface area (Å²) in [5.74, 6) is 1.74. The summed E-state index contributed by atoms with van der Waals surface area (Å²) in [7, 11) is 0. The van der Waals surface area contributed by atoms with E-state index in [9.17, 15) is 0 Å². The van der Waals surface area contributed by atoms with Gasteiger partial charge in [0.15, 0.2) is 0 Å². The Morgan fingerprint density at radius 2 is 2.46 bits per heavy atom. The third-order valence-corrected chi connectivity index (χ3v) is 3.48. The minimum atomic E-state index is 0.261. The SMILES string of the molecule is CCCc1nc(CSCCO)cs1. The first kappa shape index (κ1) is 11.0.